The standard InChI is InChI=1S/C22H18N4O10S2.Cu/c1-12-8-15(38(34,35)36)10-19(20(12)28)24-26-21(16-4-2-3-5-17(16)22(29)30)25-23-18-9-14(37(31,32)33)7-6-13(18)11-27;/h2-11H,1H3,(H5,23,24,25,26,27,28,29,30,31,32,33,34,35,36);/q;+1/p-1. The van der Waals surface area contributed by atoms with Gasteiger partial charge < -0.3 is 20.7 Å². The maximum Gasteiger partial charge on any atom is 1.00 e. The van der Waals surface area contributed by atoms with Gasteiger partial charge in [-0.3, -0.25) is 13.9 Å². The van der Waals surface area contributed by atoms with Crippen LogP contribution in [0.3, 0.4) is 0 Å². The number of phenols is 1. The van der Waals surface area contributed by atoms with E-state index in [4.69, 9.17) is 0 Å². The summed E-state index contributed by atoms with van der Waals surface area (Å²) in [6.45, 7) is 1.33. The molecule has 17 heteroatoms. The van der Waals surface area contributed by atoms with Gasteiger partial charge in [-0.25, -0.2) is 4.79 Å². The Kier molecular flexibility index (Phi) is 9.81. The summed E-state index contributed by atoms with van der Waals surface area (Å²) in [7, 11) is -9.36. The van der Waals surface area contributed by atoms with Crippen LogP contribution in [0.1, 0.15) is 31.8 Å². The Labute approximate surface area is 232 Å². The van der Waals surface area contributed by atoms with Gasteiger partial charge in [-0.15, -0.1) is 10.2 Å². The van der Waals surface area contributed by atoms with Crippen LogP contribution >= 0.6 is 0 Å². The van der Waals surface area contributed by atoms with Crippen LogP contribution in [0.2, 0.25) is 0 Å². The molecular formula is C22H17CuN4O10S2. The van der Waals surface area contributed by atoms with Gasteiger partial charge in [0.2, 0.25) is 0 Å². The number of aromatic carboxylic acids is 1. The molecule has 0 bridgehead atoms. The number of phenolic OH excluding ortho intramolecular Hbond substituents is 1. The number of amidine groups is 1. The number of hydrogen-bond acceptors (Lipinski definition) is 9. The largest absolute Gasteiger partial charge is 1.00 e. The fourth-order valence-corrected chi connectivity index (χ4v) is 4.11. The number of carboxylic acid groups (broad SMARTS) is 1. The number of aromatic hydroxyl groups is 1. The van der Waals surface area contributed by atoms with Gasteiger partial charge in [0.05, 0.1) is 21.0 Å². The maximum atomic E-state index is 11.8. The second-order valence-corrected chi connectivity index (χ2v) is 10.3. The molecule has 208 valence electrons. The number of rotatable bonds is 8. The number of carboxylic acids is 1. The van der Waals surface area contributed by atoms with E-state index in [1.807, 2.05) is 0 Å². The van der Waals surface area contributed by atoms with Gasteiger partial charge in [-0.1, -0.05) is 30.0 Å². The summed E-state index contributed by atoms with van der Waals surface area (Å²) in [6, 6.07) is 9.97. The summed E-state index contributed by atoms with van der Waals surface area (Å²) in [5.74, 6) is -2.41. The number of benzene rings is 3. The molecule has 0 atom stereocenters. The molecule has 0 aliphatic rings. The number of carbonyl (C=O) groups is 2. The molecular weight excluding hydrogens is 608 g/mol. The molecule has 0 heterocycles. The average Bonchev–Trinajstić information content (AvgIpc) is 2.84. The quantitative estimate of drug-likeness (QED) is 0.0537. The molecule has 39 heavy (non-hydrogen) atoms. The third-order valence-corrected chi connectivity index (χ3v) is 6.56. The smallest absolute Gasteiger partial charge is 0.571 e. The number of hydrogen-bond donors (Lipinski definition) is 4. The van der Waals surface area contributed by atoms with Gasteiger partial charge >= 0.3 is 23.0 Å². The molecule has 3 aromatic carbocycles. The first-order chi connectivity index (χ1) is 17.7. The van der Waals surface area contributed by atoms with E-state index in [1.165, 1.54) is 31.2 Å². The summed E-state index contributed by atoms with van der Waals surface area (Å²) in [4.78, 5) is 21.9. The summed E-state index contributed by atoms with van der Waals surface area (Å²) < 4.78 is 64.7. The van der Waals surface area contributed by atoms with Crippen molar-refractivity contribution in [3.8, 4) is 5.75 Å². The molecule has 0 spiro atoms. The maximum absolute atomic E-state index is 11.8. The molecule has 3 aromatic rings. The van der Waals surface area contributed by atoms with Crippen molar-refractivity contribution in [3.63, 3.8) is 0 Å². The van der Waals surface area contributed by atoms with Crippen LogP contribution in [-0.4, -0.2) is 54.2 Å². The van der Waals surface area contributed by atoms with Gasteiger partial charge in [-0.2, -0.15) is 16.8 Å². The van der Waals surface area contributed by atoms with Crippen LogP contribution in [0, 0.1) is 6.92 Å². The van der Waals surface area contributed by atoms with Crippen molar-refractivity contribution in [2.45, 2.75) is 16.7 Å². The van der Waals surface area contributed by atoms with Crippen molar-refractivity contribution in [1.82, 2.24) is 0 Å². The predicted octanol–water partition coefficient (Wildman–Crippen LogP) is 3.85. The average molecular weight is 625 g/mol. The van der Waals surface area contributed by atoms with Crippen molar-refractivity contribution >= 4 is 49.7 Å². The Hall–Kier alpha value is -3.99. The minimum Gasteiger partial charge on any atom is -0.571 e. The Bertz CT molecular complexity index is 1720. The molecule has 0 saturated carbocycles. The molecule has 0 aliphatic heterocycles. The van der Waals surface area contributed by atoms with Crippen molar-refractivity contribution in [2.24, 2.45) is 15.3 Å². The van der Waals surface area contributed by atoms with E-state index in [0.717, 1.165) is 30.3 Å². The summed E-state index contributed by atoms with van der Waals surface area (Å²) in [5, 5.41) is 31.2. The van der Waals surface area contributed by atoms with E-state index >= 15 is 0 Å². The van der Waals surface area contributed by atoms with Crippen molar-refractivity contribution < 1.29 is 62.8 Å². The number of carbonyl (C=O) groups excluding carboxylic acids is 1. The third kappa shape index (κ3) is 7.53. The molecule has 0 aromatic heterocycles. The van der Waals surface area contributed by atoms with Gasteiger partial charge in [0.1, 0.15) is 5.75 Å². The number of nitrogens with zero attached hydrogens (tertiary/aromatic N) is 4. The van der Waals surface area contributed by atoms with E-state index < -0.39 is 53.3 Å². The number of aldehydes is 1. The topological polar surface area (TPSA) is 235 Å². The van der Waals surface area contributed by atoms with E-state index in [0.29, 0.717) is 6.29 Å². The van der Waals surface area contributed by atoms with E-state index in [9.17, 15) is 45.7 Å². The summed E-state index contributed by atoms with van der Waals surface area (Å²) in [5.41, 5.74) is 2.40. The van der Waals surface area contributed by atoms with E-state index in [-0.39, 0.29) is 45.0 Å². The summed E-state index contributed by atoms with van der Waals surface area (Å²) >= 11 is 0. The number of aryl methyl sites for hydroxylation is 1. The first-order valence-electron chi connectivity index (χ1n) is 10.1. The fraction of sp³-hybridized carbons (Fsp3) is 0.0455. The van der Waals surface area contributed by atoms with Crippen molar-refractivity contribution in [2.75, 3.05) is 0 Å². The van der Waals surface area contributed by atoms with Gasteiger partial charge in [0.15, 0.2) is 12.1 Å². The Morgan fingerprint density at radius 2 is 1.54 bits per heavy atom. The molecule has 14 nitrogen and oxygen atoms in total. The van der Waals surface area contributed by atoms with Crippen LogP contribution in [0.15, 0.2) is 79.7 Å². The zero-order valence-electron chi connectivity index (χ0n) is 19.4. The van der Waals surface area contributed by atoms with Gasteiger partial charge in [0, 0.05) is 11.1 Å². The van der Waals surface area contributed by atoms with E-state index in [2.05, 4.69) is 20.8 Å². The van der Waals surface area contributed by atoms with Crippen LogP contribution in [0.25, 0.3) is 5.43 Å². The Balaban J connectivity index is 0.00000533. The van der Waals surface area contributed by atoms with Gasteiger partial charge in [-0.05, 0) is 42.8 Å². The molecule has 0 radical (unpaired) electrons. The predicted molar refractivity (Wildman–Crippen MR) is 132 cm³/mol. The summed E-state index contributed by atoms with van der Waals surface area (Å²) in [6.07, 6.45) is 0.330. The van der Waals surface area contributed by atoms with Crippen LogP contribution in [0.5, 0.6) is 5.75 Å². The Morgan fingerprint density at radius 1 is 0.923 bits per heavy atom. The molecule has 0 aliphatic carbocycles. The first-order valence-corrected chi connectivity index (χ1v) is 13.0. The van der Waals surface area contributed by atoms with Crippen LogP contribution in [0.4, 0.5) is 11.4 Å². The first kappa shape index (κ1) is 31.2. The molecule has 0 saturated heterocycles. The zero-order chi connectivity index (χ0) is 28.3. The third-order valence-electron chi connectivity index (χ3n) is 4.88. The minimum absolute atomic E-state index is 0. The molecule has 0 fully saturated rings. The van der Waals surface area contributed by atoms with E-state index in [1.54, 1.807) is 0 Å². The van der Waals surface area contributed by atoms with Crippen molar-refractivity contribution in [1.29, 1.82) is 0 Å². The monoisotopic (exact) mass is 624 g/mol. The van der Waals surface area contributed by atoms with Crippen molar-refractivity contribution in [3.05, 3.63) is 82.3 Å². The normalized spacial score (nSPS) is 12.1. The van der Waals surface area contributed by atoms with Gasteiger partial charge in [0.25, 0.3) is 20.2 Å². The zero-order valence-corrected chi connectivity index (χ0v) is 22.0. The van der Waals surface area contributed by atoms with Crippen LogP contribution in [-0.2, 0) is 37.3 Å². The second kappa shape index (κ2) is 12.2. The molecule has 0 unspecified atom stereocenters. The number of azo groups is 1. The SMILES string of the molecule is Cc1cc(S(=O)(=O)O)cc([N-]/N=C(\N=Nc2cc(S(=O)(=O)O)ccc2C=O)c2ccccc2C(=O)O)c1O.[Cu+]. The molecule has 3 rings (SSSR count). The molecule has 0 amide bonds. The molecule has 4 N–H and O–H groups in total. The second-order valence-electron chi connectivity index (χ2n) is 7.47. The Morgan fingerprint density at radius 3 is 2.10 bits per heavy atom. The van der Waals surface area contributed by atoms with Crippen LogP contribution < -0.4 is 0 Å². The fourth-order valence-electron chi connectivity index (χ4n) is 3.02. The minimum atomic E-state index is -4.69.